The Morgan fingerprint density at radius 1 is 1.39 bits per heavy atom. The third-order valence-corrected chi connectivity index (χ3v) is 2.94. The molecule has 4 nitrogen and oxygen atoms in total. The zero-order valence-corrected chi connectivity index (χ0v) is 11.3. The molecule has 1 rings (SSSR count). The van der Waals surface area contributed by atoms with E-state index in [9.17, 15) is 4.79 Å². The van der Waals surface area contributed by atoms with E-state index in [1.165, 1.54) is 0 Å². The van der Waals surface area contributed by atoms with Crippen molar-refractivity contribution in [1.82, 2.24) is 5.32 Å². The normalized spacial score (nSPS) is 12.2. The number of hydrogen-bond acceptors (Lipinski definition) is 3. The zero-order valence-electron chi connectivity index (χ0n) is 11.3. The predicted octanol–water partition coefficient (Wildman–Crippen LogP) is 1.78. The van der Waals surface area contributed by atoms with Gasteiger partial charge in [0.25, 0.3) is 5.91 Å². The van der Waals surface area contributed by atoms with Gasteiger partial charge in [-0.15, -0.1) is 0 Å². The first kappa shape index (κ1) is 14.5. The SMILES string of the molecule is Cc1cc(C)c(C(=O)NCCCC(C)O)cc1N. The molecule has 0 saturated carbocycles. The molecule has 0 heterocycles. The van der Waals surface area contributed by atoms with Crippen LogP contribution in [0.4, 0.5) is 5.69 Å². The molecule has 100 valence electrons. The fourth-order valence-electron chi connectivity index (χ4n) is 1.81. The molecular formula is C14H22N2O2. The molecule has 0 aromatic heterocycles. The number of aliphatic hydroxyl groups excluding tert-OH is 1. The number of hydrogen-bond donors (Lipinski definition) is 3. The molecule has 0 aliphatic heterocycles. The lowest BCUT2D eigenvalue weighted by Gasteiger charge is -2.10. The van der Waals surface area contributed by atoms with E-state index in [0.29, 0.717) is 24.2 Å². The predicted molar refractivity (Wildman–Crippen MR) is 73.6 cm³/mol. The van der Waals surface area contributed by atoms with Gasteiger partial charge in [-0.25, -0.2) is 0 Å². The number of nitrogens with two attached hydrogens (primary N) is 1. The Hall–Kier alpha value is -1.55. The molecule has 1 unspecified atom stereocenters. The lowest BCUT2D eigenvalue weighted by molar-refractivity contribution is 0.0949. The minimum Gasteiger partial charge on any atom is -0.398 e. The van der Waals surface area contributed by atoms with Crippen molar-refractivity contribution >= 4 is 11.6 Å². The van der Waals surface area contributed by atoms with E-state index in [1.807, 2.05) is 19.9 Å². The fourth-order valence-corrected chi connectivity index (χ4v) is 1.81. The molecule has 0 spiro atoms. The van der Waals surface area contributed by atoms with Crippen LogP contribution in [0.25, 0.3) is 0 Å². The number of aliphatic hydroxyl groups is 1. The lowest BCUT2D eigenvalue weighted by atomic mass is 10.0. The summed E-state index contributed by atoms with van der Waals surface area (Å²) in [7, 11) is 0. The summed E-state index contributed by atoms with van der Waals surface area (Å²) < 4.78 is 0. The maximum absolute atomic E-state index is 11.9. The van der Waals surface area contributed by atoms with Crippen LogP contribution in [0, 0.1) is 13.8 Å². The lowest BCUT2D eigenvalue weighted by Crippen LogP contribution is -2.26. The zero-order chi connectivity index (χ0) is 13.7. The summed E-state index contributed by atoms with van der Waals surface area (Å²) in [6.45, 7) is 6.13. The number of nitrogen functional groups attached to an aromatic ring is 1. The number of nitrogens with one attached hydrogen (secondary N) is 1. The molecule has 1 aromatic rings. The molecule has 0 radical (unpaired) electrons. The first-order chi connectivity index (χ1) is 8.41. The molecule has 0 aliphatic carbocycles. The van der Waals surface area contributed by atoms with Crippen molar-refractivity contribution in [2.45, 2.75) is 39.7 Å². The Balaban J connectivity index is 2.59. The van der Waals surface area contributed by atoms with E-state index in [-0.39, 0.29) is 12.0 Å². The number of anilines is 1. The Morgan fingerprint density at radius 2 is 2.06 bits per heavy atom. The third kappa shape index (κ3) is 4.04. The standard InChI is InChI=1S/C14H22N2O2/c1-9-7-10(2)13(15)8-12(9)14(18)16-6-4-5-11(3)17/h7-8,11,17H,4-6,15H2,1-3H3,(H,16,18). The van der Waals surface area contributed by atoms with Gasteiger partial charge in [-0.1, -0.05) is 6.07 Å². The highest BCUT2D eigenvalue weighted by atomic mass is 16.3. The summed E-state index contributed by atoms with van der Waals surface area (Å²) in [6.07, 6.45) is 1.14. The maximum atomic E-state index is 11.9. The number of aryl methyl sites for hydroxylation is 2. The summed E-state index contributed by atoms with van der Waals surface area (Å²) in [6, 6.07) is 3.63. The van der Waals surface area contributed by atoms with Crippen LogP contribution in [0.1, 0.15) is 41.3 Å². The molecule has 0 bridgehead atoms. The van der Waals surface area contributed by atoms with E-state index in [1.54, 1.807) is 13.0 Å². The number of rotatable bonds is 5. The van der Waals surface area contributed by atoms with Gasteiger partial charge in [0.15, 0.2) is 0 Å². The highest BCUT2D eigenvalue weighted by Crippen LogP contribution is 2.17. The molecule has 18 heavy (non-hydrogen) atoms. The molecule has 4 heteroatoms. The molecule has 0 fully saturated rings. The summed E-state index contributed by atoms with van der Waals surface area (Å²) in [5.74, 6) is -0.107. The van der Waals surface area contributed by atoms with E-state index >= 15 is 0 Å². The van der Waals surface area contributed by atoms with Gasteiger partial charge < -0.3 is 16.2 Å². The van der Waals surface area contributed by atoms with Crippen molar-refractivity contribution in [1.29, 1.82) is 0 Å². The number of carbonyl (C=O) groups is 1. The van der Waals surface area contributed by atoms with Crippen LogP contribution in [0.2, 0.25) is 0 Å². The summed E-state index contributed by atoms with van der Waals surface area (Å²) in [4.78, 5) is 11.9. The van der Waals surface area contributed by atoms with E-state index in [2.05, 4.69) is 5.32 Å². The third-order valence-electron chi connectivity index (χ3n) is 2.94. The summed E-state index contributed by atoms with van der Waals surface area (Å²) >= 11 is 0. The minimum absolute atomic E-state index is 0.107. The minimum atomic E-state index is -0.321. The summed E-state index contributed by atoms with van der Waals surface area (Å²) in [5.41, 5.74) is 8.97. The fraction of sp³-hybridized carbons (Fsp3) is 0.500. The van der Waals surface area contributed by atoms with E-state index in [0.717, 1.165) is 17.5 Å². The van der Waals surface area contributed by atoms with E-state index < -0.39 is 0 Å². The maximum Gasteiger partial charge on any atom is 0.251 e. The van der Waals surface area contributed by atoms with Crippen molar-refractivity contribution in [2.75, 3.05) is 12.3 Å². The molecule has 1 atom stereocenters. The quantitative estimate of drug-likeness (QED) is 0.551. The highest BCUT2D eigenvalue weighted by molar-refractivity contribution is 5.96. The van der Waals surface area contributed by atoms with Crippen LogP contribution < -0.4 is 11.1 Å². The van der Waals surface area contributed by atoms with Gasteiger partial charge in [-0.2, -0.15) is 0 Å². The number of benzene rings is 1. The van der Waals surface area contributed by atoms with Gasteiger partial charge in [-0.05, 0) is 50.8 Å². The van der Waals surface area contributed by atoms with Gasteiger partial charge >= 0.3 is 0 Å². The largest absolute Gasteiger partial charge is 0.398 e. The van der Waals surface area contributed by atoms with Crippen LogP contribution in [0.5, 0.6) is 0 Å². The second-order valence-electron chi connectivity index (χ2n) is 4.77. The van der Waals surface area contributed by atoms with E-state index in [4.69, 9.17) is 10.8 Å². The van der Waals surface area contributed by atoms with Gasteiger partial charge in [0.1, 0.15) is 0 Å². The van der Waals surface area contributed by atoms with Gasteiger partial charge in [0.2, 0.25) is 0 Å². The van der Waals surface area contributed by atoms with Crippen molar-refractivity contribution in [3.05, 3.63) is 28.8 Å². The Morgan fingerprint density at radius 3 is 2.67 bits per heavy atom. The number of amides is 1. The Bertz CT molecular complexity index is 428. The molecular weight excluding hydrogens is 228 g/mol. The smallest absolute Gasteiger partial charge is 0.251 e. The van der Waals surface area contributed by atoms with Gasteiger partial charge in [-0.3, -0.25) is 4.79 Å². The van der Waals surface area contributed by atoms with Crippen LogP contribution in [-0.4, -0.2) is 23.7 Å². The first-order valence-electron chi connectivity index (χ1n) is 6.24. The highest BCUT2D eigenvalue weighted by Gasteiger charge is 2.10. The van der Waals surface area contributed by atoms with Gasteiger partial charge in [0.05, 0.1) is 6.10 Å². The summed E-state index contributed by atoms with van der Waals surface area (Å²) in [5, 5.41) is 12.0. The molecule has 0 aliphatic rings. The van der Waals surface area contributed by atoms with Crippen LogP contribution in [-0.2, 0) is 0 Å². The number of carbonyl (C=O) groups excluding carboxylic acids is 1. The average Bonchev–Trinajstić information content (AvgIpc) is 2.28. The average molecular weight is 250 g/mol. The van der Waals surface area contributed by atoms with Crippen molar-refractivity contribution in [3.8, 4) is 0 Å². The van der Waals surface area contributed by atoms with Crippen molar-refractivity contribution in [3.63, 3.8) is 0 Å². The second-order valence-corrected chi connectivity index (χ2v) is 4.77. The van der Waals surface area contributed by atoms with Crippen molar-refractivity contribution in [2.24, 2.45) is 0 Å². The molecule has 1 aromatic carbocycles. The first-order valence-corrected chi connectivity index (χ1v) is 6.24. The monoisotopic (exact) mass is 250 g/mol. The molecule has 0 saturated heterocycles. The van der Waals surface area contributed by atoms with Crippen LogP contribution >= 0.6 is 0 Å². The molecule has 4 N–H and O–H groups in total. The Kier molecular flexibility index (Phi) is 5.16. The second kappa shape index (κ2) is 6.40. The van der Waals surface area contributed by atoms with Crippen LogP contribution in [0.3, 0.4) is 0 Å². The van der Waals surface area contributed by atoms with Crippen molar-refractivity contribution < 1.29 is 9.90 Å². The Labute approximate surface area is 108 Å². The topological polar surface area (TPSA) is 75.3 Å². The van der Waals surface area contributed by atoms with Gasteiger partial charge in [0, 0.05) is 17.8 Å². The van der Waals surface area contributed by atoms with Crippen LogP contribution in [0.15, 0.2) is 12.1 Å². The molecule has 1 amide bonds.